The fourth-order valence-electron chi connectivity index (χ4n) is 0.810. The number of ether oxygens (including phenoxy) is 1. The first kappa shape index (κ1) is 6.02. The molecule has 0 radical (unpaired) electrons. The molecule has 8 heavy (non-hydrogen) atoms. The van der Waals surface area contributed by atoms with Gasteiger partial charge in [-0.3, -0.25) is 0 Å². The van der Waals surface area contributed by atoms with Crippen LogP contribution in [0.3, 0.4) is 0 Å². The van der Waals surface area contributed by atoms with Crippen LogP contribution in [0.25, 0.3) is 0 Å². The Hall–Kier alpha value is -0.110. The maximum absolute atomic E-state index is 12.5. The Kier molecular flexibility index (Phi) is 1.84. The molecular formula is C6H11FO. The predicted octanol–water partition coefficient (Wildman–Crippen LogP) is 1.38. The second kappa shape index (κ2) is 2.44. The topological polar surface area (TPSA) is 9.23 Å². The van der Waals surface area contributed by atoms with Gasteiger partial charge in [0.05, 0.1) is 6.61 Å². The molecule has 1 aliphatic heterocycles. The van der Waals surface area contributed by atoms with Crippen LogP contribution in [0.1, 0.15) is 13.3 Å². The molecule has 2 atom stereocenters. The number of rotatable bonds is 0. The van der Waals surface area contributed by atoms with Gasteiger partial charge in [0.2, 0.25) is 0 Å². The van der Waals surface area contributed by atoms with Gasteiger partial charge in [-0.05, 0) is 12.3 Å². The van der Waals surface area contributed by atoms with Crippen LogP contribution in [-0.2, 0) is 4.74 Å². The molecule has 1 rings (SSSR count). The highest BCUT2D eigenvalue weighted by molar-refractivity contribution is 4.67. The van der Waals surface area contributed by atoms with Gasteiger partial charge in [0.15, 0.2) is 0 Å². The average molecular weight is 118 g/mol. The Morgan fingerprint density at radius 2 is 2.38 bits per heavy atom. The second-order valence-corrected chi connectivity index (χ2v) is 2.36. The van der Waals surface area contributed by atoms with E-state index in [0.717, 1.165) is 13.0 Å². The van der Waals surface area contributed by atoms with Crippen LogP contribution in [0.15, 0.2) is 0 Å². The lowest BCUT2D eigenvalue weighted by molar-refractivity contribution is 0.00451. The highest BCUT2D eigenvalue weighted by Gasteiger charge is 2.20. The molecule has 0 aromatic carbocycles. The molecule has 0 aromatic heterocycles. The van der Waals surface area contributed by atoms with Crippen molar-refractivity contribution in [3.8, 4) is 0 Å². The number of hydrogen-bond acceptors (Lipinski definition) is 1. The third-order valence-electron chi connectivity index (χ3n) is 1.61. The highest BCUT2D eigenvalue weighted by Crippen LogP contribution is 2.16. The van der Waals surface area contributed by atoms with Crippen molar-refractivity contribution in [2.45, 2.75) is 19.5 Å². The monoisotopic (exact) mass is 118 g/mol. The first-order valence-electron chi connectivity index (χ1n) is 3.02. The van der Waals surface area contributed by atoms with Crippen LogP contribution in [0.5, 0.6) is 0 Å². The van der Waals surface area contributed by atoms with Crippen LogP contribution in [0.2, 0.25) is 0 Å². The van der Waals surface area contributed by atoms with Gasteiger partial charge in [-0.2, -0.15) is 0 Å². The normalized spacial score (nSPS) is 39.8. The third kappa shape index (κ3) is 1.19. The van der Waals surface area contributed by atoms with E-state index in [4.69, 9.17) is 4.74 Å². The van der Waals surface area contributed by atoms with Crippen molar-refractivity contribution in [2.75, 3.05) is 13.2 Å². The standard InChI is InChI=1S/C6H11FO/c1-5-2-3-8-4-6(5)7/h5-6H,2-4H2,1H3/t5-,6+/m1/s1. The van der Waals surface area contributed by atoms with E-state index in [-0.39, 0.29) is 5.92 Å². The number of hydrogen-bond donors (Lipinski definition) is 0. The molecule has 0 unspecified atom stereocenters. The molecule has 2 heteroatoms. The van der Waals surface area contributed by atoms with Gasteiger partial charge in [-0.25, -0.2) is 4.39 Å². The molecule has 0 amide bonds. The molecule has 1 nitrogen and oxygen atoms in total. The van der Waals surface area contributed by atoms with E-state index in [1.165, 1.54) is 0 Å². The van der Waals surface area contributed by atoms with Crippen molar-refractivity contribution >= 4 is 0 Å². The Labute approximate surface area is 48.8 Å². The minimum atomic E-state index is -0.719. The summed E-state index contributed by atoms with van der Waals surface area (Å²) in [4.78, 5) is 0. The Morgan fingerprint density at radius 1 is 1.62 bits per heavy atom. The van der Waals surface area contributed by atoms with Crippen LogP contribution in [0, 0.1) is 5.92 Å². The molecule has 1 fully saturated rings. The van der Waals surface area contributed by atoms with E-state index in [2.05, 4.69) is 0 Å². The van der Waals surface area contributed by atoms with E-state index < -0.39 is 6.17 Å². The highest BCUT2D eigenvalue weighted by atomic mass is 19.1. The lowest BCUT2D eigenvalue weighted by Crippen LogP contribution is -2.26. The summed E-state index contributed by atoms with van der Waals surface area (Å²) in [5, 5.41) is 0. The predicted molar refractivity (Wildman–Crippen MR) is 29.5 cm³/mol. The molecule has 0 bridgehead atoms. The summed E-state index contributed by atoms with van der Waals surface area (Å²) in [5.41, 5.74) is 0. The van der Waals surface area contributed by atoms with Gasteiger partial charge in [0.1, 0.15) is 6.17 Å². The van der Waals surface area contributed by atoms with Crippen LogP contribution < -0.4 is 0 Å². The lowest BCUT2D eigenvalue weighted by atomic mass is 10.0. The fraction of sp³-hybridized carbons (Fsp3) is 1.00. The number of alkyl halides is 1. The molecule has 0 saturated carbocycles. The minimum absolute atomic E-state index is 0.212. The zero-order valence-electron chi connectivity index (χ0n) is 5.06. The molecular weight excluding hydrogens is 107 g/mol. The van der Waals surface area contributed by atoms with Crippen LogP contribution >= 0.6 is 0 Å². The maximum atomic E-state index is 12.5. The molecule has 0 spiro atoms. The van der Waals surface area contributed by atoms with Gasteiger partial charge in [0.25, 0.3) is 0 Å². The largest absolute Gasteiger partial charge is 0.378 e. The van der Waals surface area contributed by atoms with E-state index in [9.17, 15) is 4.39 Å². The van der Waals surface area contributed by atoms with E-state index >= 15 is 0 Å². The Morgan fingerprint density at radius 3 is 2.75 bits per heavy atom. The Balaban J connectivity index is 2.28. The van der Waals surface area contributed by atoms with Gasteiger partial charge in [-0.1, -0.05) is 6.92 Å². The van der Waals surface area contributed by atoms with E-state index in [1.54, 1.807) is 0 Å². The third-order valence-corrected chi connectivity index (χ3v) is 1.61. The van der Waals surface area contributed by atoms with Crippen molar-refractivity contribution < 1.29 is 9.13 Å². The molecule has 1 heterocycles. The summed E-state index contributed by atoms with van der Waals surface area (Å²) in [7, 11) is 0. The SMILES string of the molecule is C[C@@H]1CCOC[C@@H]1F. The summed E-state index contributed by atoms with van der Waals surface area (Å²) in [6.45, 7) is 2.97. The van der Waals surface area contributed by atoms with Crippen LogP contribution in [0.4, 0.5) is 4.39 Å². The first-order chi connectivity index (χ1) is 3.80. The second-order valence-electron chi connectivity index (χ2n) is 2.36. The minimum Gasteiger partial charge on any atom is -0.378 e. The molecule has 0 aliphatic carbocycles. The smallest absolute Gasteiger partial charge is 0.126 e. The molecule has 0 aromatic rings. The quantitative estimate of drug-likeness (QED) is 0.467. The fourth-order valence-corrected chi connectivity index (χ4v) is 0.810. The van der Waals surface area contributed by atoms with Crippen molar-refractivity contribution in [3.05, 3.63) is 0 Å². The van der Waals surface area contributed by atoms with Crippen molar-refractivity contribution in [1.29, 1.82) is 0 Å². The summed E-state index contributed by atoms with van der Waals surface area (Å²) in [5.74, 6) is 0.212. The van der Waals surface area contributed by atoms with Gasteiger partial charge >= 0.3 is 0 Å². The number of halogens is 1. The van der Waals surface area contributed by atoms with Crippen molar-refractivity contribution in [1.82, 2.24) is 0 Å². The maximum Gasteiger partial charge on any atom is 0.126 e. The average Bonchev–Trinajstić information content (AvgIpc) is 1.77. The van der Waals surface area contributed by atoms with E-state index in [0.29, 0.717) is 6.61 Å². The summed E-state index contributed by atoms with van der Waals surface area (Å²) in [6.07, 6.45) is 0.157. The summed E-state index contributed by atoms with van der Waals surface area (Å²) >= 11 is 0. The van der Waals surface area contributed by atoms with Gasteiger partial charge in [-0.15, -0.1) is 0 Å². The van der Waals surface area contributed by atoms with Gasteiger partial charge in [0, 0.05) is 6.61 Å². The van der Waals surface area contributed by atoms with Crippen LogP contribution in [-0.4, -0.2) is 19.4 Å². The molecule has 0 N–H and O–H groups in total. The zero-order chi connectivity index (χ0) is 5.98. The van der Waals surface area contributed by atoms with E-state index in [1.807, 2.05) is 6.92 Å². The molecule has 48 valence electrons. The van der Waals surface area contributed by atoms with Crippen molar-refractivity contribution in [3.63, 3.8) is 0 Å². The Bertz CT molecular complexity index is 64.9. The lowest BCUT2D eigenvalue weighted by Gasteiger charge is -2.21. The molecule has 1 aliphatic rings. The first-order valence-corrected chi connectivity index (χ1v) is 3.02. The zero-order valence-corrected chi connectivity index (χ0v) is 5.06. The van der Waals surface area contributed by atoms with Gasteiger partial charge < -0.3 is 4.74 Å². The summed E-state index contributed by atoms with van der Waals surface area (Å²) < 4.78 is 17.3. The summed E-state index contributed by atoms with van der Waals surface area (Å²) in [6, 6.07) is 0. The van der Waals surface area contributed by atoms with Crippen molar-refractivity contribution in [2.24, 2.45) is 5.92 Å². The molecule has 1 saturated heterocycles.